The molecule has 0 bridgehead atoms. The van der Waals surface area contributed by atoms with Gasteiger partial charge in [0.15, 0.2) is 6.17 Å². The Hall–Kier alpha value is -0.840. The summed E-state index contributed by atoms with van der Waals surface area (Å²) in [5.41, 5.74) is 4.68. The van der Waals surface area contributed by atoms with Crippen LogP contribution in [0.1, 0.15) is 0 Å². The SMILES string of the molecule is NC(=O)O[C@H]1CNC[C@H]1F. The Balaban J connectivity index is 2.33. The van der Waals surface area contributed by atoms with Gasteiger partial charge in [-0.1, -0.05) is 0 Å². The largest absolute Gasteiger partial charge is 0.442 e. The molecule has 10 heavy (non-hydrogen) atoms. The van der Waals surface area contributed by atoms with Crippen molar-refractivity contribution in [3.05, 3.63) is 0 Å². The van der Waals surface area contributed by atoms with Gasteiger partial charge in [0.05, 0.1) is 0 Å². The van der Waals surface area contributed by atoms with E-state index in [2.05, 4.69) is 15.8 Å². The molecule has 1 saturated heterocycles. The van der Waals surface area contributed by atoms with Gasteiger partial charge in [0.2, 0.25) is 0 Å². The predicted octanol–water partition coefficient (Wildman–Crippen LogP) is -0.608. The zero-order chi connectivity index (χ0) is 7.56. The van der Waals surface area contributed by atoms with Crippen molar-refractivity contribution >= 4 is 6.09 Å². The van der Waals surface area contributed by atoms with Crippen LogP contribution < -0.4 is 11.1 Å². The maximum absolute atomic E-state index is 12.6. The van der Waals surface area contributed by atoms with Crippen molar-refractivity contribution < 1.29 is 13.9 Å². The number of halogens is 1. The van der Waals surface area contributed by atoms with Crippen molar-refractivity contribution in [2.24, 2.45) is 5.73 Å². The average molecular weight is 148 g/mol. The van der Waals surface area contributed by atoms with Crippen LogP contribution in [0.4, 0.5) is 9.18 Å². The van der Waals surface area contributed by atoms with E-state index in [-0.39, 0.29) is 6.54 Å². The number of hydrogen-bond acceptors (Lipinski definition) is 3. The third-order valence-corrected chi connectivity index (χ3v) is 1.36. The van der Waals surface area contributed by atoms with Crippen LogP contribution >= 0.6 is 0 Å². The summed E-state index contributed by atoms with van der Waals surface area (Å²) in [5, 5.41) is 2.72. The number of alkyl halides is 1. The fourth-order valence-corrected chi connectivity index (χ4v) is 0.887. The van der Waals surface area contributed by atoms with E-state index in [1.54, 1.807) is 0 Å². The van der Waals surface area contributed by atoms with Crippen LogP contribution in [0.15, 0.2) is 0 Å². The van der Waals surface area contributed by atoms with E-state index in [1.165, 1.54) is 0 Å². The minimum atomic E-state index is -1.12. The molecule has 0 aliphatic carbocycles. The molecule has 1 aliphatic heterocycles. The fraction of sp³-hybridized carbons (Fsp3) is 0.800. The maximum atomic E-state index is 12.6. The molecular weight excluding hydrogens is 139 g/mol. The predicted molar refractivity (Wildman–Crippen MR) is 32.2 cm³/mol. The Morgan fingerprint density at radius 1 is 1.70 bits per heavy atom. The minimum Gasteiger partial charge on any atom is -0.442 e. The number of carbonyl (C=O) groups is 1. The molecule has 0 aromatic rings. The zero-order valence-corrected chi connectivity index (χ0v) is 5.34. The van der Waals surface area contributed by atoms with Gasteiger partial charge in [-0.05, 0) is 0 Å². The van der Waals surface area contributed by atoms with Crippen LogP contribution in [0.5, 0.6) is 0 Å². The van der Waals surface area contributed by atoms with E-state index < -0.39 is 18.4 Å². The smallest absolute Gasteiger partial charge is 0.404 e. The summed E-state index contributed by atoms with van der Waals surface area (Å²) in [6.07, 6.45) is -2.73. The van der Waals surface area contributed by atoms with Crippen LogP contribution in [0.3, 0.4) is 0 Å². The first-order valence-corrected chi connectivity index (χ1v) is 3.01. The number of primary amides is 1. The van der Waals surface area contributed by atoms with Gasteiger partial charge in [0.25, 0.3) is 0 Å². The normalized spacial score (nSPS) is 32.1. The van der Waals surface area contributed by atoms with Crippen molar-refractivity contribution in [3.63, 3.8) is 0 Å². The van der Waals surface area contributed by atoms with Crippen LogP contribution in [0, 0.1) is 0 Å². The van der Waals surface area contributed by atoms with E-state index >= 15 is 0 Å². The van der Waals surface area contributed by atoms with Crippen LogP contribution in [-0.4, -0.2) is 31.5 Å². The first-order chi connectivity index (χ1) is 4.70. The Morgan fingerprint density at radius 2 is 2.40 bits per heavy atom. The highest BCUT2D eigenvalue weighted by Gasteiger charge is 2.29. The molecule has 58 valence electrons. The van der Waals surface area contributed by atoms with Crippen LogP contribution in [0.25, 0.3) is 0 Å². The van der Waals surface area contributed by atoms with E-state index in [0.29, 0.717) is 6.54 Å². The lowest BCUT2D eigenvalue weighted by Gasteiger charge is -2.09. The zero-order valence-electron chi connectivity index (χ0n) is 5.34. The first-order valence-electron chi connectivity index (χ1n) is 3.01. The van der Waals surface area contributed by atoms with Gasteiger partial charge in [0, 0.05) is 13.1 Å². The highest BCUT2D eigenvalue weighted by atomic mass is 19.1. The summed E-state index contributed by atoms with van der Waals surface area (Å²) >= 11 is 0. The Kier molecular flexibility index (Phi) is 2.06. The minimum absolute atomic E-state index is 0.234. The van der Waals surface area contributed by atoms with Gasteiger partial charge in [-0.15, -0.1) is 0 Å². The molecule has 1 amide bonds. The second-order valence-electron chi connectivity index (χ2n) is 2.15. The summed E-state index contributed by atoms with van der Waals surface area (Å²) in [5.74, 6) is 0. The standard InChI is InChI=1S/C5H9FN2O2/c6-3-1-8-2-4(3)10-5(7)9/h3-4,8H,1-2H2,(H2,7,9)/t3-,4+/m1/s1. The lowest BCUT2D eigenvalue weighted by molar-refractivity contribution is 0.0771. The summed E-state index contributed by atoms with van der Waals surface area (Å²) in [6.45, 7) is 0.585. The number of rotatable bonds is 1. The highest BCUT2D eigenvalue weighted by molar-refractivity contribution is 5.64. The van der Waals surface area contributed by atoms with E-state index in [1.807, 2.05) is 0 Å². The molecular formula is C5H9FN2O2. The quantitative estimate of drug-likeness (QED) is 0.521. The second kappa shape index (κ2) is 2.83. The van der Waals surface area contributed by atoms with Crippen molar-refractivity contribution in [2.75, 3.05) is 13.1 Å². The topological polar surface area (TPSA) is 64.4 Å². The fourth-order valence-electron chi connectivity index (χ4n) is 0.887. The number of nitrogens with two attached hydrogens (primary N) is 1. The molecule has 1 fully saturated rings. The molecule has 2 atom stereocenters. The monoisotopic (exact) mass is 148 g/mol. The molecule has 0 radical (unpaired) electrons. The number of hydrogen-bond donors (Lipinski definition) is 2. The van der Waals surface area contributed by atoms with Gasteiger partial charge in [-0.25, -0.2) is 9.18 Å². The number of amides is 1. The average Bonchev–Trinajstić information content (AvgIpc) is 2.15. The Labute approximate surface area is 57.5 Å². The summed E-state index contributed by atoms with van der Waals surface area (Å²) < 4.78 is 17.0. The molecule has 0 spiro atoms. The van der Waals surface area contributed by atoms with Crippen molar-refractivity contribution in [3.8, 4) is 0 Å². The maximum Gasteiger partial charge on any atom is 0.404 e. The van der Waals surface area contributed by atoms with Crippen molar-refractivity contribution in [1.82, 2.24) is 5.32 Å². The van der Waals surface area contributed by atoms with Crippen LogP contribution in [-0.2, 0) is 4.74 Å². The molecule has 0 aromatic carbocycles. The Morgan fingerprint density at radius 3 is 2.80 bits per heavy atom. The molecule has 0 saturated carbocycles. The van der Waals surface area contributed by atoms with Gasteiger partial charge in [0.1, 0.15) is 6.10 Å². The third kappa shape index (κ3) is 1.57. The van der Waals surface area contributed by atoms with Gasteiger partial charge >= 0.3 is 6.09 Å². The molecule has 3 N–H and O–H groups in total. The summed E-state index contributed by atoms with van der Waals surface area (Å²) in [6, 6.07) is 0. The molecule has 1 heterocycles. The lowest BCUT2D eigenvalue weighted by Crippen LogP contribution is -2.29. The first kappa shape index (κ1) is 7.27. The van der Waals surface area contributed by atoms with Gasteiger partial charge in [-0.2, -0.15) is 0 Å². The molecule has 1 aliphatic rings. The molecule has 4 nitrogen and oxygen atoms in total. The van der Waals surface area contributed by atoms with E-state index in [0.717, 1.165) is 0 Å². The second-order valence-corrected chi connectivity index (χ2v) is 2.15. The van der Waals surface area contributed by atoms with Crippen molar-refractivity contribution in [2.45, 2.75) is 12.3 Å². The highest BCUT2D eigenvalue weighted by Crippen LogP contribution is 2.07. The number of nitrogens with one attached hydrogen (secondary N) is 1. The van der Waals surface area contributed by atoms with E-state index in [9.17, 15) is 9.18 Å². The Bertz CT molecular complexity index is 142. The summed E-state index contributed by atoms with van der Waals surface area (Å²) in [4.78, 5) is 10.1. The molecule has 1 rings (SSSR count). The number of ether oxygens (including phenoxy) is 1. The number of carbonyl (C=O) groups excluding carboxylic acids is 1. The van der Waals surface area contributed by atoms with E-state index in [4.69, 9.17) is 0 Å². The van der Waals surface area contributed by atoms with Gasteiger partial charge in [-0.3, -0.25) is 0 Å². The van der Waals surface area contributed by atoms with Crippen LogP contribution in [0.2, 0.25) is 0 Å². The summed E-state index contributed by atoms with van der Waals surface area (Å²) in [7, 11) is 0. The van der Waals surface area contributed by atoms with Crippen molar-refractivity contribution in [1.29, 1.82) is 0 Å². The van der Waals surface area contributed by atoms with Gasteiger partial charge < -0.3 is 15.8 Å². The third-order valence-electron chi connectivity index (χ3n) is 1.36. The molecule has 5 heteroatoms. The lowest BCUT2D eigenvalue weighted by atomic mass is 10.3. The molecule has 0 unspecified atom stereocenters. The molecule has 0 aromatic heterocycles.